The summed E-state index contributed by atoms with van der Waals surface area (Å²) in [5.74, 6) is -0.650. The van der Waals surface area contributed by atoms with E-state index in [9.17, 15) is 28.1 Å². The van der Waals surface area contributed by atoms with Gasteiger partial charge in [0.1, 0.15) is 0 Å². The van der Waals surface area contributed by atoms with Crippen LogP contribution in [0.4, 0.5) is 30.2 Å². The van der Waals surface area contributed by atoms with Crippen molar-refractivity contribution in [2.75, 3.05) is 36.5 Å². The standard InChI is InChI=1S/C19H18F3N3O4/c20-19(21,22)16-12-15(24-7-9-29-10-8-24)5-6-17(16)23-18(26)11-13-1-3-14(4-2-13)25(27)28/h1-6,12H,7-11H2,(H,23,26). The van der Waals surface area contributed by atoms with Crippen molar-refractivity contribution in [3.05, 3.63) is 63.7 Å². The summed E-state index contributed by atoms with van der Waals surface area (Å²) in [6, 6.07) is 9.05. The quantitative estimate of drug-likeness (QED) is 0.602. The van der Waals surface area contributed by atoms with E-state index in [4.69, 9.17) is 4.74 Å². The van der Waals surface area contributed by atoms with E-state index >= 15 is 0 Å². The Morgan fingerprint density at radius 2 is 1.79 bits per heavy atom. The van der Waals surface area contributed by atoms with Crippen LogP contribution >= 0.6 is 0 Å². The maximum atomic E-state index is 13.5. The van der Waals surface area contributed by atoms with Gasteiger partial charge in [-0.15, -0.1) is 0 Å². The normalized spacial score (nSPS) is 14.5. The summed E-state index contributed by atoms with van der Waals surface area (Å²) in [4.78, 5) is 24.1. The van der Waals surface area contributed by atoms with Crippen LogP contribution < -0.4 is 10.2 Å². The summed E-state index contributed by atoms with van der Waals surface area (Å²) in [5, 5.41) is 13.0. The molecule has 1 saturated heterocycles. The minimum Gasteiger partial charge on any atom is -0.378 e. The number of anilines is 2. The highest BCUT2D eigenvalue weighted by Crippen LogP contribution is 2.37. The molecule has 0 aromatic heterocycles. The summed E-state index contributed by atoms with van der Waals surface area (Å²) in [6.45, 7) is 1.86. The minimum atomic E-state index is -4.64. The van der Waals surface area contributed by atoms with E-state index in [-0.39, 0.29) is 17.8 Å². The first kappa shape index (κ1) is 20.6. The van der Waals surface area contributed by atoms with E-state index in [0.29, 0.717) is 37.6 Å². The fourth-order valence-corrected chi connectivity index (χ4v) is 3.01. The second-order valence-electron chi connectivity index (χ2n) is 6.48. The Morgan fingerprint density at radius 1 is 1.14 bits per heavy atom. The molecule has 0 bridgehead atoms. The number of nitro groups is 1. The number of hydrogen-bond acceptors (Lipinski definition) is 5. The minimum absolute atomic E-state index is 0.132. The Labute approximate surface area is 164 Å². The molecule has 2 aromatic carbocycles. The van der Waals surface area contributed by atoms with Crippen molar-refractivity contribution in [2.45, 2.75) is 12.6 Å². The van der Waals surface area contributed by atoms with Crippen molar-refractivity contribution in [1.29, 1.82) is 0 Å². The fraction of sp³-hybridized carbons (Fsp3) is 0.316. The van der Waals surface area contributed by atoms with Gasteiger partial charge in [-0.3, -0.25) is 14.9 Å². The lowest BCUT2D eigenvalue weighted by Crippen LogP contribution is -2.36. The molecule has 1 heterocycles. The fourth-order valence-electron chi connectivity index (χ4n) is 3.01. The smallest absolute Gasteiger partial charge is 0.378 e. The number of morpholine rings is 1. The van der Waals surface area contributed by atoms with Gasteiger partial charge in [-0.2, -0.15) is 13.2 Å². The molecule has 1 aliphatic heterocycles. The largest absolute Gasteiger partial charge is 0.418 e. The lowest BCUT2D eigenvalue weighted by Gasteiger charge is -2.29. The van der Waals surface area contributed by atoms with Crippen LogP contribution in [0.3, 0.4) is 0 Å². The van der Waals surface area contributed by atoms with Crippen molar-refractivity contribution in [3.63, 3.8) is 0 Å². The van der Waals surface area contributed by atoms with Crippen molar-refractivity contribution < 1.29 is 27.6 Å². The summed E-state index contributed by atoms with van der Waals surface area (Å²) in [5.41, 5.74) is -0.534. The number of alkyl halides is 3. The van der Waals surface area contributed by atoms with Crippen molar-refractivity contribution in [2.24, 2.45) is 0 Å². The number of carbonyl (C=O) groups excluding carboxylic acids is 1. The maximum Gasteiger partial charge on any atom is 0.418 e. The first-order valence-corrected chi connectivity index (χ1v) is 8.81. The number of ether oxygens (including phenoxy) is 1. The second-order valence-corrected chi connectivity index (χ2v) is 6.48. The second kappa shape index (κ2) is 8.48. The van der Waals surface area contributed by atoms with Gasteiger partial charge in [0, 0.05) is 30.9 Å². The van der Waals surface area contributed by atoms with Crippen LogP contribution in [-0.2, 0) is 22.1 Å². The third kappa shape index (κ3) is 5.23. The van der Waals surface area contributed by atoms with Gasteiger partial charge in [-0.1, -0.05) is 12.1 Å². The molecule has 0 radical (unpaired) electrons. The molecule has 7 nitrogen and oxygen atoms in total. The van der Waals surface area contributed by atoms with Crippen molar-refractivity contribution >= 4 is 23.0 Å². The number of nitrogens with zero attached hydrogens (tertiary/aromatic N) is 2. The summed E-state index contributed by atoms with van der Waals surface area (Å²) in [6.07, 6.45) is -4.85. The Balaban J connectivity index is 1.76. The van der Waals surface area contributed by atoms with Gasteiger partial charge in [-0.05, 0) is 23.8 Å². The SMILES string of the molecule is O=C(Cc1ccc([N+](=O)[O-])cc1)Nc1ccc(N2CCOCC2)cc1C(F)(F)F. The highest BCUT2D eigenvalue weighted by molar-refractivity contribution is 5.93. The molecule has 0 saturated carbocycles. The highest BCUT2D eigenvalue weighted by Gasteiger charge is 2.34. The average molecular weight is 409 g/mol. The van der Waals surface area contributed by atoms with Crippen molar-refractivity contribution in [1.82, 2.24) is 0 Å². The molecule has 0 spiro atoms. The average Bonchev–Trinajstić information content (AvgIpc) is 2.68. The highest BCUT2D eigenvalue weighted by atomic mass is 19.4. The number of carbonyl (C=O) groups is 1. The monoisotopic (exact) mass is 409 g/mol. The number of non-ortho nitro benzene ring substituents is 1. The number of hydrogen-bond donors (Lipinski definition) is 1. The number of nitro benzene ring substituents is 1. The number of nitrogens with one attached hydrogen (secondary N) is 1. The molecule has 3 rings (SSSR count). The summed E-state index contributed by atoms with van der Waals surface area (Å²) < 4.78 is 45.8. The maximum absolute atomic E-state index is 13.5. The zero-order valence-corrected chi connectivity index (χ0v) is 15.2. The summed E-state index contributed by atoms with van der Waals surface area (Å²) in [7, 11) is 0. The topological polar surface area (TPSA) is 84.7 Å². The molecule has 0 aliphatic carbocycles. The number of amides is 1. The molecule has 0 unspecified atom stereocenters. The lowest BCUT2D eigenvalue weighted by atomic mass is 10.1. The van der Waals surface area contributed by atoms with Crippen LogP contribution in [0.1, 0.15) is 11.1 Å². The first-order valence-electron chi connectivity index (χ1n) is 8.81. The third-order valence-corrected chi connectivity index (χ3v) is 4.47. The number of benzene rings is 2. The Hall–Kier alpha value is -3.14. The van der Waals surface area contributed by atoms with Gasteiger partial charge in [0.2, 0.25) is 5.91 Å². The van der Waals surface area contributed by atoms with Crippen molar-refractivity contribution in [3.8, 4) is 0 Å². The Bertz CT molecular complexity index is 895. The van der Waals surface area contributed by atoms with Crippen LogP contribution in [-0.4, -0.2) is 37.1 Å². The molecule has 29 heavy (non-hydrogen) atoms. The molecule has 1 fully saturated rings. The predicted molar refractivity (Wildman–Crippen MR) is 99.9 cm³/mol. The van der Waals surface area contributed by atoms with Gasteiger partial charge in [0.25, 0.3) is 5.69 Å². The van der Waals surface area contributed by atoms with Crippen LogP contribution in [0.25, 0.3) is 0 Å². The van der Waals surface area contributed by atoms with Crippen LogP contribution in [0, 0.1) is 10.1 Å². The van der Waals surface area contributed by atoms with Gasteiger partial charge < -0.3 is 15.0 Å². The molecule has 154 valence electrons. The van der Waals surface area contributed by atoms with Crippen LogP contribution in [0.5, 0.6) is 0 Å². The lowest BCUT2D eigenvalue weighted by molar-refractivity contribution is -0.384. The number of rotatable bonds is 5. The molecule has 1 amide bonds. The summed E-state index contributed by atoms with van der Waals surface area (Å²) >= 11 is 0. The molecular weight excluding hydrogens is 391 g/mol. The van der Waals surface area contributed by atoms with Gasteiger partial charge in [0.05, 0.1) is 35.8 Å². The van der Waals surface area contributed by atoms with Gasteiger partial charge >= 0.3 is 6.18 Å². The van der Waals surface area contributed by atoms with E-state index in [0.717, 1.165) is 6.07 Å². The van der Waals surface area contributed by atoms with E-state index in [1.54, 1.807) is 4.90 Å². The van der Waals surface area contributed by atoms with E-state index < -0.39 is 22.6 Å². The zero-order chi connectivity index (χ0) is 21.0. The predicted octanol–water partition coefficient (Wildman–Crippen LogP) is 3.63. The first-order chi connectivity index (χ1) is 13.7. The molecular formula is C19H18F3N3O4. The van der Waals surface area contributed by atoms with E-state index in [1.165, 1.54) is 36.4 Å². The zero-order valence-electron chi connectivity index (χ0n) is 15.2. The Morgan fingerprint density at radius 3 is 2.38 bits per heavy atom. The molecule has 1 aliphatic rings. The van der Waals surface area contributed by atoms with Gasteiger partial charge in [-0.25, -0.2) is 0 Å². The molecule has 2 aromatic rings. The van der Waals surface area contributed by atoms with Crippen LogP contribution in [0.15, 0.2) is 42.5 Å². The third-order valence-electron chi connectivity index (χ3n) is 4.47. The number of halogens is 3. The van der Waals surface area contributed by atoms with E-state index in [2.05, 4.69) is 5.32 Å². The molecule has 1 N–H and O–H groups in total. The molecule has 0 atom stereocenters. The molecule has 10 heteroatoms. The Kier molecular flexibility index (Phi) is 6.02. The van der Waals surface area contributed by atoms with E-state index in [1.807, 2.05) is 0 Å². The van der Waals surface area contributed by atoms with Crippen LogP contribution in [0.2, 0.25) is 0 Å². The van der Waals surface area contributed by atoms with Gasteiger partial charge in [0.15, 0.2) is 0 Å².